The lowest BCUT2D eigenvalue weighted by molar-refractivity contribution is -0.145. The highest BCUT2D eigenvalue weighted by molar-refractivity contribution is 6.91. The van der Waals surface area contributed by atoms with E-state index in [9.17, 15) is 14.7 Å². The molecular formula is C33H41N5O6Si. The lowest BCUT2D eigenvalue weighted by Crippen LogP contribution is -2.52. The van der Waals surface area contributed by atoms with Gasteiger partial charge in [-0.05, 0) is 42.3 Å². The summed E-state index contributed by atoms with van der Waals surface area (Å²) in [5.74, 6) is 0.503. The highest BCUT2D eigenvalue weighted by atomic mass is 28.3. The number of hydrogen-bond donors (Lipinski definition) is 1. The summed E-state index contributed by atoms with van der Waals surface area (Å²) < 4.78 is 19.6. The van der Waals surface area contributed by atoms with Crippen molar-refractivity contribution in [3.63, 3.8) is 0 Å². The van der Waals surface area contributed by atoms with Crippen LogP contribution in [0.2, 0.25) is 18.6 Å². The Morgan fingerprint density at radius 1 is 1.20 bits per heavy atom. The Hall–Kier alpha value is -4.00. The number of aliphatic hydroxyl groups is 1. The summed E-state index contributed by atoms with van der Waals surface area (Å²) in [5, 5.41) is 19.1. The van der Waals surface area contributed by atoms with Gasteiger partial charge in [-0.25, -0.2) is 4.79 Å². The molecule has 45 heavy (non-hydrogen) atoms. The first-order valence-electron chi connectivity index (χ1n) is 15.5. The number of amides is 2. The van der Waals surface area contributed by atoms with Gasteiger partial charge in [0.2, 0.25) is 0 Å². The van der Waals surface area contributed by atoms with Crippen molar-refractivity contribution < 1.29 is 28.9 Å². The Morgan fingerprint density at radius 3 is 2.64 bits per heavy atom. The predicted molar refractivity (Wildman–Crippen MR) is 173 cm³/mol. The van der Waals surface area contributed by atoms with Crippen molar-refractivity contribution in [3.8, 4) is 5.75 Å². The van der Waals surface area contributed by atoms with Crippen molar-refractivity contribution in [1.29, 1.82) is 0 Å². The van der Waals surface area contributed by atoms with E-state index in [0.717, 1.165) is 22.7 Å². The van der Waals surface area contributed by atoms with E-state index < -0.39 is 19.8 Å². The van der Waals surface area contributed by atoms with Crippen LogP contribution >= 0.6 is 0 Å². The van der Waals surface area contributed by atoms with E-state index in [1.807, 2.05) is 36.5 Å². The number of rotatable bonds is 11. The summed E-state index contributed by atoms with van der Waals surface area (Å²) in [6, 6.07) is 14.0. The second-order valence-electron chi connectivity index (χ2n) is 12.6. The van der Waals surface area contributed by atoms with Crippen molar-refractivity contribution in [2.75, 3.05) is 43.2 Å². The molecule has 1 N–H and O–H groups in total. The molecule has 0 bridgehead atoms. The standard InChI is InChI=1S/C33H41N5O6Si/c1-6-15-38-28-12-7-24(37-17-19-43-32(37)41)20-27(28)33(31(38)40)22(2)30(45(4,5)26-10-8-25(42-3)9-11-26)29(44-33)13-16-36-21-23(14-18-39)34-35-36/h6-12,20-22,29-30,39H,1,13-19H2,2-5H3/t22-,29+,30-,33+/m0/s1. The topological polar surface area (TPSA) is 119 Å². The Kier molecular flexibility index (Phi) is 8.31. The third-order valence-corrected chi connectivity index (χ3v) is 14.2. The summed E-state index contributed by atoms with van der Waals surface area (Å²) in [4.78, 5) is 30.6. The maximum atomic E-state index is 14.7. The molecule has 1 spiro atoms. The maximum Gasteiger partial charge on any atom is 0.414 e. The Bertz CT molecular complexity index is 1590. The number of fused-ring (bicyclic) bond motifs is 2. The lowest BCUT2D eigenvalue weighted by Gasteiger charge is -2.37. The number of aromatic nitrogens is 3. The number of carbonyl (C=O) groups is 2. The second-order valence-corrected chi connectivity index (χ2v) is 17.3. The lowest BCUT2D eigenvalue weighted by atomic mass is 9.82. The van der Waals surface area contributed by atoms with E-state index in [2.05, 4.69) is 49.0 Å². The van der Waals surface area contributed by atoms with Gasteiger partial charge >= 0.3 is 6.09 Å². The highest BCUT2D eigenvalue weighted by Crippen LogP contribution is 2.60. The molecule has 2 saturated heterocycles. The Labute approximate surface area is 264 Å². The van der Waals surface area contributed by atoms with Crippen LogP contribution in [0.1, 0.15) is 24.6 Å². The number of nitrogens with zero attached hydrogens (tertiary/aromatic N) is 5. The molecule has 0 unspecified atom stereocenters. The van der Waals surface area contributed by atoms with E-state index in [1.165, 1.54) is 5.19 Å². The average Bonchev–Trinajstić information content (AvgIpc) is 3.79. The normalized spacial score (nSPS) is 24.4. The first-order valence-corrected chi connectivity index (χ1v) is 18.6. The zero-order valence-electron chi connectivity index (χ0n) is 26.3. The molecule has 6 rings (SSSR count). The van der Waals surface area contributed by atoms with Crippen LogP contribution in [0.4, 0.5) is 16.2 Å². The first-order chi connectivity index (χ1) is 21.6. The number of aliphatic hydroxyl groups excluding tert-OH is 1. The maximum absolute atomic E-state index is 14.7. The number of cyclic esters (lactones) is 1. The van der Waals surface area contributed by atoms with Gasteiger partial charge in [-0.2, -0.15) is 0 Å². The van der Waals surface area contributed by atoms with Crippen LogP contribution in [-0.4, -0.2) is 79.7 Å². The highest BCUT2D eigenvalue weighted by Gasteiger charge is 2.66. The molecule has 11 nitrogen and oxygen atoms in total. The molecule has 3 aliphatic heterocycles. The smallest absolute Gasteiger partial charge is 0.414 e. The van der Waals surface area contributed by atoms with E-state index in [1.54, 1.807) is 27.7 Å². The van der Waals surface area contributed by atoms with Crippen LogP contribution in [0, 0.1) is 5.92 Å². The predicted octanol–water partition coefficient (Wildman–Crippen LogP) is 3.62. The SMILES string of the molecule is C=CCN1C(=O)[C@]2(O[C@H](CCn3cc(CCO)nn3)[C@@H]([Si](C)(C)c3ccc(OC)cc3)[C@@H]2C)c2cc(N3CCOC3=O)ccc21. The monoisotopic (exact) mass is 631 g/mol. The number of methoxy groups -OCH3 is 1. The summed E-state index contributed by atoms with van der Waals surface area (Å²) in [5.41, 5.74) is 1.77. The molecule has 238 valence electrons. The third-order valence-electron chi connectivity index (χ3n) is 9.80. The van der Waals surface area contributed by atoms with Crippen LogP contribution in [0.3, 0.4) is 0 Å². The number of carbonyl (C=O) groups excluding carboxylic acids is 2. The van der Waals surface area contributed by atoms with E-state index in [0.29, 0.717) is 44.8 Å². The summed E-state index contributed by atoms with van der Waals surface area (Å²) >= 11 is 0. The van der Waals surface area contributed by atoms with Crippen molar-refractivity contribution in [2.24, 2.45) is 5.92 Å². The van der Waals surface area contributed by atoms with Crippen LogP contribution in [0.25, 0.3) is 0 Å². The molecule has 4 heterocycles. The van der Waals surface area contributed by atoms with E-state index in [-0.39, 0.29) is 30.1 Å². The van der Waals surface area contributed by atoms with Crippen molar-refractivity contribution in [2.45, 2.75) is 56.7 Å². The molecule has 3 aromatic rings. The molecular weight excluding hydrogens is 590 g/mol. The summed E-state index contributed by atoms with van der Waals surface area (Å²) in [7, 11) is -0.662. The van der Waals surface area contributed by atoms with Gasteiger partial charge in [0.25, 0.3) is 5.91 Å². The minimum atomic E-state index is -2.32. The fourth-order valence-corrected chi connectivity index (χ4v) is 11.7. The molecule has 2 aromatic carbocycles. The quantitative estimate of drug-likeness (QED) is 0.252. The zero-order chi connectivity index (χ0) is 31.9. The number of anilines is 2. The molecule has 2 fully saturated rings. The second kappa shape index (κ2) is 12.1. The molecule has 1 aromatic heterocycles. The molecule has 12 heteroatoms. The largest absolute Gasteiger partial charge is 0.497 e. The van der Waals surface area contributed by atoms with Gasteiger partial charge < -0.3 is 24.2 Å². The fourth-order valence-electron chi connectivity index (χ4n) is 7.61. The molecule has 0 radical (unpaired) electrons. The number of ether oxygens (including phenoxy) is 3. The van der Waals surface area contributed by atoms with Gasteiger partial charge in [-0.1, -0.05) is 48.6 Å². The van der Waals surface area contributed by atoms with Gasteiger partial charge in [0.1, 0.15) is 12.4 Å². The average molecular weight is 632 g/mol. The minimum absolute atomic E-state index is 0.00799. The van der Waals surface area contributed by atoms with Gasteiger partial charge in [-0.15, -0.1) is 11.7 Å². The van der Waals surface area contributed by atoms with Gasteiger partial charge in [-0.3, -0.25) is 14.4 Å². The molecule has 0 aliphatic carbocycles. The van der Waals surface area contributed by atoms with Crippen molar-refractivity contribution >= 4 is 36.6 Å². The van der Waals surface area contributed by atoms with Gasteiger partial charge in [0.05, 0.1) is 39.2 Å². The van der Waals surface area contributed by atoms with Gasteiger partial charge in [0, 0.05) is 49.5 Å². The number of hydrogen-bond acceptors (Lipinski definition) is 8. The van der Waals surface area contributed by atoms with Crippen LogP contribution < -0.4 is 19.7 Å². The Morgan fingerprint density at radius 2 is 1.98 bits per heavy atom. The summed E-state index contributed by atoms with van der Waals surface area (Å²) in [6.07, 6.45) is 3.98. The van der Waals surface area contributed by atoms with Crippen LogP contribution in [0.15, 0.2) is 61.3 Å². The molecule has 0 saturated carbocycles. The van der Waals surface area contributed by atoms with Gasteiger partial charge in [0.15, 0.2) is 5.60 Å². The Balaban J connectivity index is 1.44. The third kappa shape index (κ3) is 5.14. The number of benzene rings is 2. The fraction of sp³-hybridized carbons (Fsp3) is 0.455. The van der Waals surface area contributed by atoms with Crippen LogP contribution in [-0.2, 0) is 32.8 Å². The zero-order valence-corrected chi connectivity index (χ0v) is 27.3. The number of aryl methyl sites for hydroxylation is 1. The van der Waals surface area contributed by atoms with E-state index in [4.69, 9.17) is 14.2 Å². The van der Waals surface area contributed by atoms with Crippen molar-refractivity contribution in [3.05, 3.63) is 72.6 Å². The molecule has 4 atom stereocenters. The van der Waals surface area contributed by atoms with Crippen molar-refractivity contribution in [1.82, 2.24) is 15.0 Å². The first kappa shape index (κ1) is 31.0. The van der Waals surface area contributed by atoms with Crippen LogP contribution in [0.5, 0.6) is 5.75 Å². The molecule has 3 aliphatic rings. The minimum Gasteiger partial charge on any atom is -0.497 e. The van der Waals surface area contributed by atoms with E-state index >= 15 is 0 Å². The molecule has 2 amide bonds. The summed E-state index contributed by atoms with van der Waals surface area (Å²) in [6.45, 7) is 12.4.